The Balaban J connectivity index is 0.000000319. The molecule has 226 valence electrons. The van der Waals surface area contributed by atoms with Crippen molar-refractivity contribution in [1.29, 1.82) is 0 Å². The molecule has 0 saturated carbocycles. The lowest BCUT2D eigenvalue weighted by atomic mass is 9.99. The van der Waals surface area contributed by atoms with Crippen LogP contribution >= 0.6 is 23.4 Å². The van der Waals surface area contributed by atoms with Gasteiger partial charge in [-0.1, -0.05) is 41.6 Å². The summed E-state index contributed by atoms with van der Waals surface area (Å²) in [5, 5.41) is 35.9. The third-order valence-electron chi connectivity index (χ3n) is 5.84. The van der Waals surface area contributed by atoms with Gasteiger partial charge in [-0.2, -0.15) is 0 Å². The number of benzene rings is 2. The van der Waals surface area contributed by atoms with Crippen LogP contribution in [0.4, 0.5) is 0 Å². The van der Waals surface area contributed by atoms with Crippen LogP contribution in [-0.4, -0.2) is 88.6 Å². The predicted octanol–water partition coefficient (Wildman–Crippen LogP) is 3.82. The Kier molecular flexibility index (Phi) is 15.4. The summed E-state index contributed by atoms with van der Waals surface area (Å²) in [6.45, 7) is 6.04. The van der Waals surface area contributed by atoms with E-state index in [1.54, 1.807) is 0 Å². The largest absolute Gasteiger partial charge is 0.478 e. The van der Waals surface area contributed by atoms with Crippen molar-refractivity contribution >= 4 is 47.2 Å². The molecule has 0 bridgehead atoms. The summed E-state index contributed by atoms with van der Waals surface area (Å²) in [5.41, 5.74) is 2.74. The minimum absolute atomic E-state index is 0.336. The number of carboxylic acid groups (broad SMARTS) is 4. The number of halogens is 1. The Morgan fingerprint density at radius 1 is 0.881 bits per heavy atom. The number of nitrogens with one attached hydrogen (secondary N) is 1. The fourth-order valence-corrected chi connectivity index (χ4v) is 5.30. The van der Waals surface area contributed by atoms with E-state index in [1.807, 2.05) is 17.8 Å². The maximum atomic E-state index is 9.55. The van der Waals surface area contributed by atoms with Crippen LogP contribution in [0.1, 0.15) is 23.6 Å². The van der Waals surface area contributed by atoms with Crippen LogP contribution < -0.4 is 5.32 Å². The average Bonchev–Trinajstić information content (AvgIpc) is 3.10. The van der Waals surface area contributed by atoms with Gasteiger partial charge in [-0.25, -0.2) is 19.2 Å². The maximum Gasteiger partial charge on any atom is 0.328 e. The van der Waals surface area contributed by atoms with Crippen molar-refractivity contribution in [3.63, 3.8) is 0 Å². The van der Waals surface area contributed by atoms with Crippen LogP contribution in [0.3, 0.4) is 0 Å². The summed E-state index contributed by atoms with van der Waals surface area (Å²) in [7, 11) is 0. The topological polar surface area (TPSA) is 174 Å². The van der Waals surface area contributed by atoms with E-state index in [-0.39, 0.29) is 0 Å². The van der Waals surface area contributed by atoms with Gasteiger partial charge in [0, 0.05) is 58.2 Å². The van der Waals surface area contributed by atoms with Crippen LogP contribution in [-0.2, 0) is 30.3 Å². The first kappa shape index (κ1) is 34.5. The van der Waals surface area contributed by atoms with E-state index < -0.39 is 23.9 Å². The molecule has 2 heterocycles. The van der Waals surface area contributed by atoms with E-state index in [0.29, 0.717) is 30.3 Å². The monoisotopic (exact) mass is 620 g/mol. The van der Waals surface area contributed by atoms with Crippen molar-refractivity contribution in [2.45, 2.75) is 28.7 Å². The van der Waals surface area contributed by atoms with Crippen LogP contribution in [0.2, 0.25) is 5.02 Å². The first-order valence-electron chi connectivity index (χ1n) is 12.9. The number of rotatable bonds is 9. The van der Waals surface area contributed by atoms with Crippen LogP contribution in [0.5, 0.6) is 0 Å². The molecule has 5 N–H and O–H groups in total. The number of carbonyl (C=O) groups is 4. The zero-order chi connectivity index (χ0) is 30.9. The van der Waals surface area contributed by atoms with Crippen molar-refractivity contribution < 1.29 is 44.3 Å². The Morgan fingerprint density at radius 3 is 2.02 bits per heavy atom. The average molecular weight is 621 g/mol. The second kappa shape index (κ2) is 18.7. The first-order valence-corrected chi connectivity index (χ1v) is 14.1. The number of fused-ring (bicyclic) bond motifs is 2. The van der Waals surface area contributed by atoms with Crippen molar-refractivity contribution in [1.82, 2.24) is 10.2 Å². The Bertz CT molecular complexity index is 1210. The van der Waals surface area contributed by atoms with Crippen LogP contribution in [0.15, 0.2) is 76.6 Å². The zero-order valence-corrected chi connectivity index (χ0v) is 24.2. The third kappa shape index (κ3) is 13.8. The molecule has 2 aliphatic heterocycles. The van der Waals surface area contributed by atoms with Gasteiger partial charge in [-0.3, -0.25) is 4.90 Å². The quantitative estimate of drug-likeness (QED) is 0.203. The van der Waals surface area contributed by atoms with E-state index in [2.05, 4.69) is 46.6 Å². The van der Waals surface area contributed by atoms with Crippen molar-refractivity contribution in [2.24, 2.45) is 0 Å². The molecule has 42 heavy (non-hydrogen) atoms. The van der Waals surface area contributed by atoms with Crippen molar-refractivity contribution in [2.75, 3.05) is 39.4 Å². The zero-order valence-electron chi connectivity index (χ0n) is 22.6. The number of ether oxygens (including phenoxy) is 1. The van der Waals surface area contributed by atoms with Crippen molar-refractivity contribution in [3.05, 3.63) is 82.9 Å². The molecule has 1 saturated heterocycles. The molecule has 11 nitrogen and oxygen atoms in total. The Labute approximate surface area is 252 Å². The molecule has 13 heteroatoms. The Morgan fingerprint density at radius 2 is 1.45 bits per heavy atom. The third-order valence-corrected chi connectivity index (χ3v) is 7.29. The molecule has 2 aromatic rings. The first-order chi connectivity index (χ1) is 20.0. The minimum Gasteiger partial charge on any atom is -0.478 e. The lowest BCUT2D eigenvalue weighted by molar-refractivity contribution is -0.134. The lowest BCUT2D eigenvalue weighted by Gasteiger charge is -2.27. The second-order valence-corrected chi connectivity index (χ2v) is 10.5. The van der Waals surface area contributed by atoms with Gasteiger partial charge in [-0.15, -0.1) is 0 Å². The number of hydrogen-bond donors (Lipinski definition) is 5. The van der Waals surface area contributed by atoms with Gasteiger partial charge in [0.25, 0.3) is 0 Å². The molecule has 2 aromatic carbocycles. The van der Waals surface area contributed by atoms with E-state index in [9.17, 15) is 19.2 Å². The molecule has 2 aliphatic rings. The highest BCUT2D eigenvalue weighted by molar-refractivity contribution is 7.99. The predicted molar refractivity (Wildman–Crippen MR) is 157 cm³/mol. The maximum absolute atomic E-state index is 9.55. The molecule has 1 fully saturated rings. The summed E-state index contributed by atoms with van der Waals surface area (Å²) in [5.74, 6) is -5.03. The summed E-state index contributed by atoms with van der Waals surface area (Å²) in [4.78, 5) is 43.4. The van der Waals surface area contributed by atoms with E-state index in [1.165, 1.54) is 20.9 Å². The molecular weight excluding hydrogens is 588 g/mol. The molecule has 0 amide bonds. The molecular formula is C29H33ClN2O9S. The highest BCUT2D eigenvalue weighted by Crippen LogP contribution is 2.41. The van der Waals surface area contributed by atoms with Gasteiger partial charge in [0.1, 0.15) is 0 Å². The van der Waals surface area contributed by atoms with E-state index in [4.69, 9.17) is 36.8 Å². The molecule has 1 unspecified atom stereocenters. The summed E-state index contributed by atoms with van der Waals surface area (Å²) in [6, 6.07) is 15.4. The number of aliphatic carboxylic acids is 4. The van der Waals surface area contributed by atoms with Crippen LogP contribution in [0.25, 0.3) is 0 Å². The number of hydrogen-bond acceptors (Lipinski definition) is 8. The van der Waals surface area contributed by atoms with E-state index in [0.717, 1.165) is 57.3 Å². The molecule has 0 spiro atoms. The smallest absolute Gasteiger partial charge is 0.328 e. The number of carboxylic acids is 4. The van der Waals surface area contributed by atoms with Crippen molar-refractivity contribution in [3.8, 4) is 0 Å². The van der Waals surface area contributed by atoms with Gasteiger partial charge >= 0.3 is 23.9 Å². The number of morpholine rings is 1. The minimum atomic E-state index is -1.26. The lowest BCUT2D eigenvalue weighted by Crippen LogP contribution is -2.38. The highest BCUT2D eigenvalue weighted by atomic mass is 35.5. The highest BCUT2D eigenvalue weighted by Gasteiger charge is 2.22. The van der Waals surface area contributed by atoms with Gasteiger partial charge in [0.05, 0.1) is 13.2 Å². The fourth-order valence-electron chi connectivity index (χ4n) is 3.99. The fraction of sp³-hybridized carbons (Fsp3) is 0.310. The van der Waals surface area contributed by atoms with Gasteiger partial charge in [0.15, 0.2) is 0 Å². The van der Waals surface area contributed by atoms with E-state index >= 15 is 0 Å². The van der Waals surface area contributed by atoms with Gasteiger partial charge < -0.3 is 30.5 Å². The summed E-state index contributed by atoms with van der Waals surface area (Å²) < 4.78 is 5.43. The molecule has 0 aromatic heterocycles. The molecule has 1 atom stereocenters. The van der Waals surface area contributed by atoms with Crippen LogP contribution in [0, 0.1) is 0 Å². The molecule has 4 rings (SSSR count). The normalized spacial score (nSPS) is 16.2. The molecule has 0 radical (unpaired) electrons. The Hall–Kier alpha value is -3.68. The SMILES string of the molecule is Clc1ccc2c(c1)CC(NCCCN1CCOCC1)c1ccccc1S2.O=C(O)/C=C\C(=O)O.O=C(O)/C=C\C(=O)O. The van der Waals surface area contributed by atoms with Gasteiger partial charge in [0.2, 0.25) is 0 Å². The molecule has 0 aliphatic carbocycles. The standard InChI is InChI=1S/C21H25ClN2OS.2C4H4O4/c22-17-6-7-20-16(14-17)15-19(18-4-1-2-5-21(18)26-20)23-8-3-9-24-10-12-25-13-11-24;2*5-3(6)1-2-4(7)8/h1-2,4-7,14,19,23H,3,8-13,15H2;2*1-2H,(H,5,6)(H,7,8)/b;2*2-1-. The second-order valence-electron chi connectivity index (χ2n) is 8.93. The number of nitrogens with zero attached hydrogens (tertiary/aromatic N) is 1. The summed E-state index contributed by atoms with van der Waals surface area (Å²) >= 11 is 8.11. The summed E-state index contributed by atoms with van der Waals surface area (Å²) in [6.07, 6.45) is 4.38. The van der Waals surface area contributed by atoms with Gasteiger partial charge in [-0.05, 0) is 61.3 Å².